The maximum atomic E-state index is 12.1. The molecular weight excluding hydrogens is 498 g/mol. The van der Waals surface area contributed by atoms with Gasteiger partial charge in [-0.3, -0.25) is 19.6 Å². The van der Waals surface area contributed by atoms with Crippen LogP contribution in [0.5, 0.6) is 0 Å². The molecule has 0 bridgehead atoms. The summed E-state index contributed by atoms with van der Waals surface area (Å²) >= 11 is 0. The Bertz CT molecular complexity index is 1800. The lowest BCUT2D eigenvalue weighted by Crippen LogP contribution is -2.17. The van der Waals surface area contributed by atoms with E-state index in [0.29, 0.717) is 33.8 Å². The molecule has 1 atom stereocenters. The van der Waals surface area contributed by atoms with Gasteiger partial charge in [-0.1, -0.05) is 35.5 Å². The van der Waals surface area contributed by atoms with E-state index in [9.17, 15) is 9.90 Å². The summed E-state index contributed by atoms with van der Waals surface area (Å²) in [6.45, 7) is -0.181. The number of nitrogens with zero attached hydrogens (tertiary/aromatic N) is 6. The van der Waals surface area contributed by atoms with E-state index in [1.54, 1.807) is 48.5 Å². The fraction of sp³-hybridized carbons (Fsp3) is 0.111. The van der Waals surface area contributed by atoms with Gasteiger partial charge in [-0.05, 0) is 35.9 Å². The normalized spacial score (nSPS) is 11.9. The van der Waals surface area contributed by atoms with Crippen LogP contribution in [0, 0.1) is 0 Å². The van der Waals surface area contributed by atoms with Crippen molar-refractivity contribution >= 4 is 28.4 Å². The Kier molecular flexibility index (Phi) is 6.27. The van der Waals surface area contributed by atoms with Crippen LogP contribution < -0.4 is 16.2 Å². The molecule has 0 aliphatic rings. The SMILES string of the molecule is Cn1[nH]c(=O)c2ccc(Nc3ncc(-c4nc(-c5cccnc5)no4)c(N[C@H](CO)c4ccccc4)n3)cc21. The number of aryl methyl sites for hydroxylation is 1. The summed E-state index contributed by atoms with van der Waals surface area (Å²) in [5.74, 6) is 1.25. The molecule has 4 aromatic heterocycles. The first-order valence-electron chi connectivity index (χ1n) is 12.1. The molecule has 0 aliphatic carbocycles. The fourth-order valence-electron chi connectivity index (χ4n) is 4.22. The number of H-pyrrole nitrogens is 1. The largest absolute Gasteiger partial charge is 0.394 e. The van der Waals surface area contributed by atoms with Gasteiger partial charge in [-0.25, -0.2) is 4.98 Å². The summed E-state index contributed by atoms with van der Waals surface area (Å²) in [6, 6.07) is 18.0. The van der Waals surface area contributed by atoms with Crippen LogP contribution >= 0.6 is 0 Å². The molecule has 4 heterocycles. The lowest BCUT2D eigenvalue weighted by molar-refractivity contribution is 0.276. The van der Waals surface area contributed by atoms with Crippen molar-refractivity contribution in [3.63, 3.8) is 0 Å². The minimum Gasteiger partial charge on any atom is -0.394 e. The average molecular weight is 522 g/mol. The van der Waals surface area contributed by atoms with Crippen molar-refractivity contribution in [2.45, 2.75) is 6.04 Å². The molecule has 0 saturated heterocycles. The number of benzene rings is 2. The lowest BCUT2D eigenvalue weighted by Gasteiger charge is -2.19. The summed E-state index contributed by atoms with van der Waals surface area (Å²) in [5, 5.41) is 24.1. The Labute approximate surface area is 221 Å². The molecule has 12 nitrogen and oxygen atoms in total. The average Bonchev–Trinajstić information content (AvgIpc) is 3.57. The number of aromatic amines is 1. The first-order chi connectivity index (χ1) is 19.1. The molecule has 0 fully saturated rings. The molecule has 0 spiro atoms. The highest BCUT2D eigenvalue weighted by molar-refractivity contribution is 5.83. The van der Waals surface area contributed by atoms with Gasteiger partial charge in [0.2, 0.25) is 11.8 Å². The molecule has 0 unspecified atom stereocenters. The Hall–Kier alpha value is -5.36. The number of pyridine rings is 1. The number of rotatable bonds is 8. The zero-order chi connectivity index (χ0) is 26.8. The zero-order valence-electron chi connectivity index (χ0n) is 20.7. The van der Waals surface area contributed by atoms with Crippen molar-refractivity contribution in [3.8, 4) is 22.8 Å². The topological polar surface area (TPSA) is 160 Å². The molecule has 0 aliphatic heterocycles. The highest BCUT2D eigenvalue weighted by Gasteiger charge is 2.20. The summed E-state index contributed by atoms with van der Waals surface area (Å²) in [5.41, 5.74) is 3.30. The van der Waals surface area contributed by atoms with E-state index in [2.05, 4.69) is 40.8 Å². The predicted octanol–water partition coefficient (Wildman–Crippen LogP) is 3.66. The first kappa shape index (κ1) is 24.0. The Morgan fingerprint density at radius 1 is 1.08 bits per heavy atom. The molecule has 6 aromatic rings. The molecule has 12 heteroatoms. The third kappa shape index (κ3) is 4.83. The smallest absolute Gasteiger partial charge is 0.271 e. The van der Waals surface area contributed by atoms with E-state index in [-0.39, 0.29) is 24.0 Å². The maximum Gasteiger partial charge on any atom is 0.271 e. The maximum absolute atomic E-state index is 12.1. The number of aliphatic hydroxyl groups is 1. The van der Waals surface area contributed by atoms with Gasteiger partial charge >= 0.3 is 0 Å². The number of aliphatic hydroxyl groups excluding tert-OH is 1. The van der Waals surface area contributed by atoms with Gasteiger partial charge in [0.15, 0.2) is 0 Å². The molecule has 0 saturated carbocycles. The number of hydrogen-bond acceptors (Lipinski definition) is 10. The summed E-state index contributed by atoms with van der Waals surface area (Å²) < 4.78 is 7.21. The second kappa shape index (κ2) is 10.2. The van der Waals surface area contributed by atoms with Crippen LogP contribution in [-0.2, 0) is 7.05 Å². The third-order valence-electron chi connectivity index (χ3n) is 6.19. The zero-order valence-corrected chi connectivity index (χ0v) is 20.7. The van der Waals surface area contributed by atoms with Crippen molar-refractivity contribution in [2.75, 3.05) is 17.2 Å². The van der Waals surface area contributed by atoms with Crippen molar-refractivity contribution in [2.24, 2.45) is 7.05 Å². The molecule has 4 N–H and O–H groups in total. The van der Waals surface area contributed by atoms with Gasteiger partial charge in [-0.2, -0.15) is 9.97 Å². The molecule has 0 radical (unpaired) electrons. The second-order valence-corrected chi connectivity index (χ2v) is 8.77. The first-order valence-corrected chi connectivity index (χ1v) is 12.1. The van der Waals surface area contributed by atoms with E-state index in [0.717, 1.165) is 11.1 Å². The fourth-order valence-corrected chi connectivity index (χ4v) is 4.22. The standard InChI is InChI=1S/C27H23N9O3/c1-36-22-12-18(9-10-19(22)25(38)34-36)30-27-29-14-20(26-32-23(35-39-26)17-8-5-11-28-13-17)24(33-27)31-21(15-37)16-6-3-2-4-7-16/h2-14,21,37H,15H2,1H3,(H,34,38)(H2,29,30,31,33)/t21-/m1/s1. The van der Waals surface area contributed by atoms with Crippen LogP contribution in [0.4, 0.5) is 17.5 Å². The van der Waals surface area contributed by atoms with Crippen LogP contribution in [0.2, 0.25) is 0 Å². The van der Waals surface area contributed by atoms with Crippen molar-refractivity contribution in [3.05, 3.63) is 95.2 Å². The number of anilines is 3. The van der Waals surface area contributed by atoms with E-state index < -0.39 is 6.04 Å². The van der Waals surface area contributed by atoms with Gasteiger partial charge in [0, 0.05) is 36.9 Å². The van der Waals surface area contributed by atoms with Crippen LogP contribution in [0.1, 0.15) is 11.6 Å². The minimum absolute atomic E-state index is 0.160. The van der Waals surface area contributed by atoms with E-state index in [4.69, 9.17) is 4.52 Å². The molecule has 194 valence electrons. The lowest BCUT2D eigenvalue weighted by atomic mass is 10.1. The van der Waals surface area contributed by atoms with Gasteiger partial charge in [0.25, 0.3) is 11.4 Å². The van der Waals surface area contributed by atoms with E-state index in [1.807, 2.05) is 42.5 Å². The highest BCUT2D eigenvalue weighted by atomic mass is 16.5. The Morgan fingerprint density at radius 2 is 1.95 bits per heavy atom. The van der Waals surface area contributed by atoms with Crippen molar-refractivity contribution in [1.29, 1.82) is 0 Å². The Morgan fingerprint density at radius 3 is 2.74 bits per heavy atom. The van der Waals surface area contributed by atoms with Gasteiger partial charge < -0.3 is 20.3 Å². The van der Waals surface area contributed by atoms with Gasteiger partial charge in [-0.15, -0.1) is 0 Å². The third-order valence-corrected chi connectivity index (χ3v) is 6.19. The summed E-state index contributed by atoms with van der Waals surface area (Å²) in [4.78, 5) is 29.8. The molecule has 0 amide bonds. The Balaban J connectivity index is 1.38. The summed E-state index contributed by atoms with van der Waals surface area (Å²) in [6.07, 6.45) is 4.88. The molecule has 2 aromatic carbocycles. The second-order valence-electron chi connectivity index (χ2n) is 8.77. The highest BCUT2D eigenvalue weighted by Crippen LogP contribution is 2.31. The van der Waals surface area contributed by atoms with Gasteiger partial charge in [0.1, 0.15) is 11.4 Å². The molecule has 39 heavy (non-hydrogen) atoms. The van der Waals surface area contributed by atoms with Crippen LogP contribution in [0.3, 0.4) is 0 Å². The van der Waals surface area contributed by atoms with Gasteiger partial charge in [0.05, 0.1) is 23.6 Å². The van der Waals surface area contributed by atoms with E-state index in [1.165, 1.54) is 0 Å². The molecular formula is C27H23N9O3. The minimum atomic E-state index is -0.459. The van der Waals surface area contributed by atoms with E-state index >= 15 is 0 Å². The van der Waals surface area contributed by atoms with Crippen LogP contribution in [0.15, 0.2) is 88.6 Å². The predicted molar refractivity (Wildman–Crippen MR) is 145 cm³/mol. The van der Waals surface area contributed by atoms with Crippen LogP contribution in [0.25, 0.3) is 33.7 Å². The number of hydrogen-bond donors (Lipinski definition) is 4. The van der Waals surface area contributed by atoms with Crippen LogP contribution in [-0.4, -0.2) is 46.6 Å². The summed E-state index contributed by atoms with van der Waals surface area (Å²) in [7, 11) is 1.77. The van der Waals surface area contributed by atoms with Crippen molar-refractivity contribution < 1.29 is 9.63 Å². The number of aromatic nitrogens is 7. The monoisotopic (exact) mass is 521 g/mol. The number of nitrogens with one attached hydrogen (secondary N) is 3. The molecule has 6 rings (SSSR count). The quantitative estimate of drug-likeness (QED) is 0.233. The number of fused-ring (bicyclic) bond motifs is 1. The van der Waals surface area contributed by atoms with Crippen molar-refractivity contribution in [1.82, 2.24) is 34.9 Å².